The predicted molar refractivity (Wildman–Crippen MR) is 184 cm³/mol. The lowest BCUT2D eigenvalue weighted by molar-refractivity contribution is 1.19. The first-order valence-electron chi connectivity index (χ1n) is 14.9. The van der Waals surface area contributed by atoms with Crippen molar-refractivity contribution in [1.82, 2.24) is 4.57 Å². The van der Waals surface area contributed by atoms with E-state index in [1.165, 1.54) is 82.1 Å². The Kier molecular flexibility index (Phi) is 5.27. The standard InChI is InChI=1S/C42H27N/c1-2-10-28(11-3-1)39-26-29-12-4-5-13-30(29)27-40(39)32-20-22-35-31(24-32)18-19-33-25-34(21-23-36(33)35)43-41-16-8-6-14-37(41)38-15-7-9-17-42(38)43/h1-27H. The minimum absolute atomic E-state index is 1.18. The van der Waals surface area contributed by atoms with Gasteiger partial charge in [0, 0.05) is 16.5 Å². The number of hydrogen-bond acceptors (Lipinski definition) is 0. The van der Waals surface area contributed by atoms with Gasteiger partial charge in [0.2, 0.25) is 0 Å². The molecule has 200 valence electrons. The zero-order chi connectivity index (χ0) is 28.3. The predicted octanol–water partition coefficient (Wildman–Crippen LogP) is 11.6. The molecule has 0 radical (unpaired) electrons. The Morgan fingerprint density at radius 1 is 0.302 bits per heavy atom. The summed E-state index contributed by atoms with van der Waals surface area (Å²) in [5.74, 6) is 0. The Hall–Kier alpha value is -5.66. The molecule has 0 aliphatic rings. The van der Waals surface area contributed by atoms with E-state index in [0.29, 0.717) is 0 Å². The van der Waals surface area contributed by atoms with E-state index in [0.717, 1.165) is 0 Å². The fourth-order valence-corrected chi connectivity index (χ4v) is 6.90. The van der Waals surface area contributed by atoms with Crippen LogP contribution in [0, 0.1) is 0 Å². The molecule has 0 N–H and O–H groups in total. The van der Waals surface area contributed by atoms with E-state index >= 15 is 0 Å². The molecule has 0 aliphatic heterocycles. The van der Waals surface area contributed by atoms with Crippen LogP contribution in [-0.4, -0.2) is 4.57 Å². The summed E-state index contributed by atoms with van der Waals surface area (Å²) in [6, 6.07) is 59.8. The van der Waals surface area contributed by atoms with Crippen molar-refractivity contribution in [2.75, 3.05) is 0 Å². The molecule has 0 aliphatic carbocycles. The molecule has 9 aromatic rings. The van der Waals surface area contributed by atoms with E-state index in [1.807, 2.05) is 0 Å². The number of para-hydroxylation sites is 2. The van der Waals surface area contributed by atoms with Crippen molar-refractivity contribution in [2.45, 2.75) is 0 Å². The Morgan fingerprint density at radius 3 is 1.51 bits per heavy atom. The molecule has 0 amide bonds. The van der Waals surface area contributed by atoms with Crippen LogP contribution in [0.4, 0.5) is 0 Å². The van der Waals surface area contributed by atoms with Gasteiger partial charge in [-0.25, -0.2) is 0 Å². The minimum Gasteiger partial charge on any atom is -0.309 e. The lowest BCUT2D eigenvalue weighted by Crippen LogP contribution is -1.93. The average Bonchev–Trinajstić information content (AvgIpc) is 3.42. The third kappa shape index (κ3) is 3.79. The zero-order valence-electron chi connectivity index (χ0n) is 23.5. The quantitative estimate of drug-likeness (QED) is 0.195. The Bertz CT molecular complexity index is 2450. The molecule has 1 aromatic heterocycles. The van der Waals surface area contributed by atoms with Crippen molar-refractivity contribution < 1.29 is 0 Å². The van der Waals surface area contributed by atoms with Crippen LogP contribution in [0.1, 0.15) is 0 Å². The maximum Gasteiger partial charge on any atom is 0.0541 e. The summed E-state index contributed by atoms with van der Waals surface area (Å²) in [5, 5.41) is 10.1. The van der Waals surface area contributed by atoms with Gasteiger partial charge in [-0.15, -0.1) is 0 Å². The smallest absolute Gasteiger partial charge is 0.0541 e. The van der Waals surface area contributed by atoms with Crippen molar-refractivity contribution in [1.29, 1.82) is 0 Å². The van der Waals surface area contributed by atoms with E-state index < -0.39 is 0 Å². The van der Waals surface area contributed by atoms with Crippen molar-refractivity contribution in [3.8, 4) is 27.9 Å². The second kappa shape index (κ2) is 9.44. The van der Waals surface area contributed by atoms with Gasteiger partial charge in [0.15, 0.2) is 0 Å². The summed E-state index contributed by atoms with van der Waals surface area (Å²) >= 11 is 0. The number of fused-ring (bicyclic) bond motifs is 7. The van der Waals surface area contributed by atoms with Crippen LogP contribution in [0.2, 0.25) is 0 Å². The van der Waals surface area contributed by atoms with E-state index in [2.05, 4.69) is 168 Å². The third-order valence-corrected chi connectivity index (χ3v) is 8.94. The topological polar surface area (TPSA) is 4.93 Å². The van der Waals surface area contributed by atoms with Crippen LogP contribution in [0.5, 0.6) is 0 Å². The summed E-state index contributed by atoms with van der Waals surface area (Å²) < 4.78 is 2.39. The first kappa shape index (κ1) is 24.0. The maximum absolute atomic E-state index is 2.39. The van der Waals surface area contributed by atoms with Crippen LogP contribution in [-0.2, 0) is 0 Å². The molecule has 8 aromatic carbocycles. The van der Waals surface area contributed by atoms with Gasteiger partial charge in [0.25, 0.3) is 0 Å². The summed E-state index contributed by atoms with van der Waals surface area (Å²) in [7, 11) is 0. The molecule has 1 heteroatoms. The molecule has 0 bridgehead atoms. The van der Waals surface area contributed by atoms with Crippen LogP contribution in [0.15, 0.2) is 164 Å². The molecule has 1 heterocycles. The number of aromatic nitrogens is 1. The summed E-state index contributed by atoms with van der Waals surface area (Å²) in [4.78, 5) is 0. The highest BCUT2D eigenvalue weighted by Gasteiger charge is 2.14. The lowest BCUT2D eigenvalue weighted by Gasteiger charge is -2.14. The first-order chi connectivity index (χ1) is 21.3. The lowest BCUT2D eigenvalue weighted by atomic mass is 9.90. The molecule has 0 fully saturated rings. The molecule has 0 unspecified atom stereocenters. The van der Waals surface area contributed by atoms with Gasteiger partial charge in [0.05, 0.1) is 11.0 Å². The van der Waals surface area contributed by atoms with Gasteiger partial charge in [0.1, 0.15) is 0 Å². The fraction of sp³-hybridized carbons (Fsp3) is 0. The van der Waals surface area contributed by atoms with Crippen LogP contribution >= 0.6 is 0 Å². The summed E-state index contributed by atoms with van der Waals surface area (Å²) in [6.07, 6.45) is 0. The highest BCUT2D eigenvalue weighted by atomic mass is 15.0. The first-order valence-corrected chi connectivity index (χ1v) is 14.9. The van der Waals surface area contributed by atoms with E-state index in [1.54, 1.807) is 0 Å². The van der Waals surface area contributed by atoms with E-state index in [4.69, 9.17) is 0 Å². The van der Waals surface area contributed by atoms with Crippen molar-refractivity contribution in [2.24, 2.45) is 0 Å². The second-order valence-corrected chi connectivity index (χ2v) is 11.4. The summed E-state index contributed by atoms with van der Waals surface area (Å²) in [6.45, 7) is 0. The van der Waals surface area contributed by atoms with Crippen LogP contribution in [0.25, 0.3) is 82.1 Å². The second-order valence-electron chi connectivity index (χ2n) is 11.4. The molecule has 0 saturated carbocycles. The maximum atomic E-state index is 2.39. The Balaban J connectivity index is 1.21. The molecule has 0 saturated heterocycles. The molecule has 1 nitrogen and oxygen atoms in total. The number of hydrogen-bond donors (Lipinski definition) is 0. The van der Waals surface area contributed by atoms with Gasteiger partial charge in [-0.2, -0.15) is 0 Å². The van der Waals surface area contributed by atoms with Crippen molar-refractivity contribution in [3.05, 3.63) is 164 Å². The largest absolute Gasteiger partial charge is 0.309 e. The summed E-state index contributed by atoms with van der Waals surface area (Å²) in [5.41, 5.74) is 8.64. The monoisotopic (exact) mass is 545 g/mol. The van der Waals surface area contributed by atoms with Crippen molar-refractivity contribution in [3.63, 3.8) is 0 Å². The van der Waals surface area contributed by atoms with Crippen LogP contribution in [0.3, 0.4) is 0 Å². The number of nitrogens with zero attached hydrogens (tertiary/aromatic N) is 1. The number of rotatable bonds is 3. The van der Waals surface area contributed by atoms with E-state index in [-0.39, 0.29) is 0 Å². The zero-order valence-corrected chi connectivity index (χ0v) is 23.5. The third-order valence-electron chi connectivity index (χ3n) is 8.94. The van der Waals surface area contributed by atoms with Gasteiger partial charge in [-0.3, -0.25) is 0 Å². The minimum atomic E-state index is 1.18. The van der Waals surface area contributed by atoms with Gasteiger partial charge in [-0.1, -0.05) is 121 Å². The average molecular weight is 546 g/mol. The van der Waals surface area contributed by atoms with Crippen molar-refractivity contribution >= 4 is 54.1 Å². The van der Waals surface area contributed by atoms with Gasteiger partial charge >= 0.3 is 0 Å². The molecule has 43 heavy (non-hydrogen) atoms. The molecule has 0 spiro atoms. The molecular weight excluding hydrogens is 518 g/mol. The van der Waals surface area contributed by atoms with Gasteiger partial charge in [-0.05, 0) is 97.0 Å². The number of benzene rings is 8. The normalized spacial score (nSPS) is 11.7. The molecule has 9 rings (SSSR count). The van der Waals surface area contributed by atoms with Crippen LogP contribution < -0.4 is 0 Å². The highest BCUT2D eigenvalue weighted by molar-refractivity contribution is 6.12. The fourth-order valence-electron chi connectivity index (χ4n) is 6.90. The SMILES string of the molecule is c1ccc(-c2cc3ccccc3cc2-c2ccc3c(ccc4cc(-n5c6ccccc6c6ccccc65)ccc43)c2)cc1. The molecular formula is C42H27N. The van der Waals surface area contributed by atoms with Gasteiger partial charge < -0.3 is 4.57 Å². The Morgan fingerprint density at radius 2 is 0.837 bits per heavy atom. The Labute approximate surface area is 249 Å². The van der Waals surface area contributed by atoms with E-state index in [9.17, 15) is 0 Å². The highest BCUT2D eigenvalue weighted by Crippen LogP contribution is 2.39. The molecule has 0 atom stereocenters.